The minimum atomic E-state index is -7.22. The summed E-state index contributed by atoms with van der Waals surface area (Å²) < 4.78 is 311. The first kappa shape index (κ1) is 48.3. The fourth-order valence-corrected chi connectivity index (χ4v) is 7.71. The first-order valence-electron chi connectivity index (χ1n) is 16.4. The van der Waals surface area contributed by atoms with Gasteiger partial charge in [0, 0.05) is 9.79 Å². The molecule has 6 aromatic rings. The van der Waals surface area contributed by atoms with E-state index in [1.54, 1.807) is 24.3 Å². The fourth-order valence-electron chi connectivity index (χ4n) is 6.29. The van der Waals surface area contributed by atoms with Gasteiger partial charge in [-0.15, -0.1) is 21.9 Å². The maximum absolute atomic E-state index is 15.4. The van der Waals surface area contributed by atoms with E-state index < -0.39 is 155 Å². The fraction of sp³-hybridized carbons (Fsp3) is 0.0526. The van der Waals surface area contributed by atoms with Crippen LogP contribution in [0.3, 0.4) is 0 Å². The second kappa shape index (κ2) is 17.8. The zero-order valence-corrected chi connectivity index (χ0v) is 32.1. The van der Waals surface area contributed by atoms with Crippen LogP contribution in [-0.2, 0) is 14.4 Å². The quantitative estimate of drug-likeness (QED) is 0.0500. The maximum Gasteiger partial charge on any atom is 0.253 e. The summed E-state index contributed by atoms with van der Waals surface area (Å²) in [6, 6.07) is 17.8. The molecule has 334 valence electrons. The summed E-state index contributed by atoms with van der Waals surface area (Å²) in [7, 11) is -2.21. The summed E-state index contributed by atoms with van der Waals surface area (Å²) in [6.07, 6.45) is -4.05. The molecule has 0 N–H and O–H groups in total. The Morgan fingerprint density at radius 3 is 0.810 bits per heavy atom. The summed E-state index contributed by atoms with van der Waals surface area (Å²) in [5.74, 6) is -70.8. The van der Waals surface area contributed by atoms with Crippen LogP contribution in [0.4, 0.5) is 87.8 Å². The van der Waals surface area contributed by atoms with Gasteiger partial charge in [-0.1, -0.05) is 34.2 Å². The van der Waals surface area contributed by atoms with Gasteiger partial charge < -0.3 is 0 Å². The highest BCUT2D eigenvalue weighted by Crippen LogP contribution is 2.32. The van der Waals surface area contributed by atoms with E-state index in [4.69, 9.17) is 4.18 Å². The predicted molar refractivity (Wildman–Crippen MR) is 187 cm³/mol. The summed E-state index contributed by atoms with van der Waals surface area (Å²) in [4.78, 5) is 2.33. The molecule has 0 radical (unpaired) electrons. The van der Waals surface area contributed by atoms with E-state index in [0.29, 0.717) is 5.75 Å². The highest BCUT2D eigenvalue weighted by Gasteiger charge is 2.52. The molecule has 0 bridgehead atoms. The van der Waals surface area contributed by atoms with Gasteiger partial charge in [0.25, 0.3) is 10.2 Å². The second-order valence-electron chi connectivity index (χ2n) is 12.9. The number of hydrogen-bond acceptors (Lipinski definition) is 3. The van der Waals surface area contributed by atoms with Crippen LogP contribution in [0.2, 0.25) is 0 Å². The maximum atomic E-state index is 15.4. The van der Waals surface area contributed by atoms with Crippen LogP contribution in [0, 0.1) is 116 Å². The highest BCUT2D eigenvalue weighted by atomic mass is 32.3. The van der Waals surface area contributed by atoms with Gasteiger partial charge in [0.05, 0.1) is 0 Å². The minimum absolute atomic E-state index is 0.641. The van der Waals surface area contributed by atoms with Crippen LogP contribution >= 0.6 is 11.8 Å². The molecule has 0 aromatic heterocycles. The third kappa shape index (κ3) is 8.31. The van der Waals surface area contributed by atoms with Crippen molar-refractivity contribution in [3.63, 3.8) is 0 Å². The summed E-state index contributed by atoms with van der Waals surface area (Å²) >= 11 is 1.69. The Morgan fingerprint density at radius 1 is 0.349 bits per heavy atom. The molecule has 2 nitrogen and oxygen atoms in total. The lowest BCUT2D eigenvalue weighted by molar-refractivity contribution is 0.378. The number of hydrogen-bond donors (Lipinski definition) is 0. The van der Waals surface area contributed by atoms with Gasteiger partial charge in [0.2, 0.25) is 0 Å². The van der Waals surface area contributed by atoms with Crippen LogP contribution in [0.5, 0.6) is 5.75 Å². The van der Waals surface area contributed by atoms with E-state index in [2.05, 4.69) is 12.1 Å². The van der Waals surface area contributed by atoms with Crippen molar-refractivity contribution in [1.29, 1.82) is 0 Å². The summed E-state index contributed by atoms with van der Waals surface area (Å²) in [5.41, 5.74) is -14.3. The lowest BCUT2D eigenvalue weighted by atomic mass is 9.12. The first-order valence-corrected chi connectivity index (χ1v) is 19.5. The number of benzene rings is 6. The Hall–Kier alpha value is -5.72. The van der Waals surface area contributed by atoms with Crippen molar-refractivity contribution < 1.29 is 96.2 Å². The zero-order valence-electron chi connectivity index (χ0n) is 30.5. The van der Waals surface area contributed by atoms with Crippen molar-refractivity contribution in [2.45, 2.75) is 9.79 Å². The standard InChI is InChI=1S/C24BF20.C14H15O2S2/c26-5-1(6(27)14(35)21(42)13(5)34)25(2-7(28)15(36)22(43)16(37)8(2)29,3-9(30)17(38)23(44)18(39)10(3)31)4-11(32)19(40)24(45)20(41)12(4)33;1-18(2,15)16-12-8-10-14(11-9-12)17-13-6-4-3-5-7-13/h;3-11H,1-2H3/q-1;+1. The van der Waals surface area contributed by atoms with E-state index >= 15 is 35.1 Å². The monoisotopic (exact) mass is 958 g/mol. The SMILES string of the molecule is C[S+](C)(=O)Oc1ccc(Sc2ccccc2)cc1.Fc1c(F)c(F)c([B-](c2c(F)c(F)c(F)c(F)c2F)(c2c(F)c(F)c(F)c(F)c2F)c2c(F)c(F)c(F)c(F)c2F)c(F)c1F. The third-order valence-electron chi connectivity index (χ3n) is 8.81. The van der Waals surface area contributed by atoms with Crippen molar-refractivity contribution in [1.82, 2.24) is 0 Å². The molecule has 0 aliphatic carbocycles. The van der Waals surface area contributed by atoms with Crippen molar-refractivity contribution in [3.8, 4) is 5.75 Å². The first-order chi connectivity index (χ1) is 29.2. The Kier molecular flexibility index (Phi) is 13.7. The number of rotatable bonds is 8. The van der Waals surface area contributed by atoms with Gasteiger partial charge >= 0.3 is 0 Å². The van der Waals surface area contributed by atoms with E-state index in [-0.39, 0.29) is 0 Å². The molecule has 0 aliphatic heterocycles. The Balaban J connectivity index is 0.000000345. The van der Waals surface area contributed by atoms with Gasteiger partial charge in [0.1, 0.15) is 65.2 Å². The topological polar surface area (TPSA) is 26.3 Å². The van der Waals surface area contributed by atoms with Crippen molar-refractivity contribution in [2.24, 2.45) is 0 Å². The minimum Gasteiger partial charge on any atom is -0.287 e. The smallest absolute Gasteiger partial charge is 0.253 e. The van der Waals surface area contributed by atoms with Gasteiger partial charge in [0.15, 0.2) is 75.6 Å². The van der Waals surface area contributed by atoms with E-state index in [0.717, 1.165) is 4.90 Å². The molecule has 6 aromatic carbocycles. The van der Waals surface area contributed by atoms with Gasteiger partial charge in [-0.2, -0.15) is 0 Å². The second-order valence-corrected chi connectivity index (χ2v) is 16.5. The molecule has 63 heavy (non-hydrogen) atoms. The van der Waals surface area contributed by atoms with E-state index in [1.165, 1.54) is 4.90 Å². The molecular weight excluding hydrogens is 943 g/mol. The molecule has 0 heterocycles. The Labute approximate surface area is 344 Å². The molecule has 0 spiro atoms. The molecule has 0 atom stereocenters. The third-order valence-corrected chi connectivity index (χ3v) is 10.4. The van der Waals surface area contributed by atoms with Gasteiger partial charge in [-0.3, -0.25) is 4.18 Å². The molecule has 6 rings (SSSR count). The normalized spacial score (nSPS) is 11.8. The molecule has 25 heteroatoms. The van der Waals surface area contributed by atoms with Crippen molar-refractivity contribution in [3.05, 3.63) is 171 Å². The van der Waals surface area contributed by atoms with Gasteiger partial charge in [-0.05, 0) is 36.4 Å². The Bertz CT molecular complexity index is 2460. The molecule has 0 fully saturated rings. The molecular formula is C38H15BF20O2S2. The molecule has 0 aliphatic rings. The van der Waals surface area contributed by atoms with Crippen molar-refractivity contribution in [2.75, 3.05) is 12.5 Å². The van der Waals surface area contributed by atoms with Crippen LogP contribution in [0.15, 0.2) is 64.4 Å². The Morgan fingerprint density at radius 2 is 0.571 bits per heavy atom. The zero-order chi connectivity index (χ0) is 47.4. The molecule has 0 unspecified atom stereocenters. The van der Waals surface area contributed by atoms with Crippen LogP contribution < -0.4 is 26.0 Å². The lowest BCUT2D eigenvalue weighted by Gasteiger charge is -2.44. The van der Waals surface area contributed by atoms with Crippen LogP contribution in [0.1, 0.15) is 0 Å². The highest BCUT2D eigenvalue weighted by molar-refractivity contribution is 7.99. The van der Waals surface area contributed by atoms with Gasteiger partial charge in [-0.25, -0.2) is 87.8 Å². The molecule has 0 amide bonds. The average Bonchev–Trinajstić information content (AvgIpc) is 3.24. The predicted octanol–water partition coefficient (Wildman–Crippen LogP) is 9.74. The average molecular weight is 958 g/mol. The van der Waals surface area contributed by atoms with E-state index in [9.17, 15) is 56.9 Å². The lowest BCUT2D eigenvalue weighted by Crippen LogP contribution is -2.81. The largest absolute Gasteiger partial charge is 0.287 e. The molecule has 0 saturated carbocycles. The number of halogens is 20. The molecule has 0 saturated heterocycles. The van der Waals surface area contributed by atoms with Crippen molar-refractivity contribution >= 4 is 50.0 Å². The summed E-state index contributed by atoms with van der Waals surface area (Å²) in [6.45, 7) is 0. The van der Waals surface area contributed by atoms with E-state index in [1.807, 2.05) is 42.5 Å². The summed E-state index contributed by atoms with van der Waals surface area (Å²) in [5, 5.41) is 0. The van der Waals surface area contributed by atoms with Crippen LogP contribution in [0.25, 0.3) is 0 Å². The van der Waals surface area contributed by atoms with Crippen LogP contribution in [-0.4, -0.2) is 18.7 Å².